The van der Waals surface area contributed by atoms with Crippen LogP contribution in [0.4, 0.5) is 15.8 Å². The lowest BCUT2D eigenvalue weighted by atomic mass is 10.1. The Kier molecular flexibility index (Phi) is 4.76. The molecule has 0 heterocycles. The molecule has 2 N–H and O–H groups in total. The van der Waals surface area contributed by atoms with Gasteiger partial charge in [-0.15, -0.1) is 0 Å². The predicted octanol–water partition coefficient (Wildman–Crippen LogP) is 1.09. The molecule has 0 aliphatic carbocycles. The van der Waals surface area contributed by atoms with Crippen molar-refractivity contribution in [2.75, 3.05) is 32.1 Å². The number of benzene rings is 1. The Bertz CT molecular complexity index is 507. The Labute approximate surface area is 108 Å². The van der Waals surface area contributed by atoms with Crippen molar-refractivity contribution < 1.29 is 19.2 Å². The van der Waals surface area contributed by atoms with Crippen molar-refractivity contribution in [1.82, 2.24) is 5.32 Å². The second-order valence-corrected chi connectivity index (χ2v) is 3.91. The van der Waals surface area contributed by atoms with Gasteiger partial charge in [0.2, 0.25) is 0 Å². The molecule has 0 saturated carbocycles. The summed E-state index contributed by atoms with van der Waals surface area (Å²) < 4.78 is 13.8. The highest BCUT2D eigenvalue weighted by Gasteiger charge is 2.24. The topological polar surface area (TPSA) is 95.7 Å². The van der Waals surface area contributed by atoms with E-state index in [0.717, 1.165) is 6.07 Å². The molecule has 0 spiro atoms. The van der Waals surface area contributed by atoms with Gasteiger partial charge >= 0.3 is 5.97 Å². The minimum atomic E-state index is -1.46. The maximum absolute atomic E-state index is 13.8. The van der Waals surface area contributed by atoms with Crippen LogP contribution in [0.15, 0.2) is 12.1 Å². The molecule has 1 aromatic rings. The number of hydrogen-bond donors (Lipinski definition) is 2. The normalized spacial score (nSPS) is 10.3. The van der Waals surface area contributed by atoms with Crippen LogP contribution in [0.1, 0.15) is 10.4 Å². The lowest BCUT2D eigenvalue weighted by Crippen LogP contribution is -2.28. The third kappa shape index (κ3) is 3.38. The average molecular weight is 271 g/mol. The number of nitrogens with one attached hydrogen (secondary N) is 1. The first-order valence-corrected chi connectivity index (χ1v) is 5.45. The van der Waals surface area contributed by atoms with Crippen LogP contribution in [0.2, 0.25) is 0 Å². The van der Waals surface area contributed by atoms with E-state index in [1.807, 2.05) is 0 Å². The number of rotatable bonds is 6. The van der Waals surface area contributed by atoms with Crippen LogP contribution in [-0.4, -0.2) is 43.2 Å². The summed E-state index contributed by atoms with van der Waals surface area (Å²) in [4.78, 5) is 22.2. The number of nitro benzene ring substituents is 1. The van der Waals surface area contributed by atoms with Gasteiger partial charge in [0.1, 0.15) is 5.56 Å². The number of nitrogens with zero attached hydrogens (tertiary/aromatic N) is 2. The van der Waals surface area contributed by atoms with E-state index in [2.05, 4.69) is 5.32 Å². The van der Waals surface area contributed by atoms with E-state index < -0.39 is 28.0 Å². The van der Waals surface area contributed by atoms with Crippen LogP contribution in [0, 0.1) is 15.9 Å². The van der Waals surface area contributed by atoms with Gasteiger partial charge in [0.05, 0.1) is 16.7 Å². The molecule has 0 saturated heterocycles. The first-order chi connectivity index (χ1) is 8.88. The highest BCUT2D eigenvalue weighted by Crippen LogP contribution is 2.28. The summed E-state index contributed by atoms with van der Waals surface area (Å²) in [7, 11) is 3.30. The van der Waals surface area contributed by atoms with E-state index in [4.69, 9.17) is 5.11 Å². The van der Waals surface area contributed by atoms with E-state index in [0.29, 0.717) is 19.2 Å². The summed E-state index contributed by atoms with van der Waals surface area (Å²) in [6.45, 7) is 1.000. The van der Waals surface area contributed by atoms with Gasteiger partial charge in [0.25, 0.3) is 5.69 Å². The smallest absolute Gasteiger partial charge is 0.342 e. The number of carbonyl (C=O) groups is 1. The van der Waals surface area contributed by atoms with Crippen molar-refractivity contribution in [3.63, 3.8) is 0 Å². The summed E-state index contributed by atoms with van der Waals surface area (Å²) in [5.41, 5.74) is -1.27. The number of carboxylic acids is 1. The molecule has 19 heavy (non-hydrogen) atoms. The van der Waals surface area contributed by atoms with Crippen LogP contribution in [0.25, 0.3) is 0 Å². The van der Waals surface area contributed by atoms with E-state index in [9.17, 15) is 19.3 Å². The fraction of sp³-hybridized carbons (Fsp3) is 0.364. The second kappa shape index (κ2) is 6.10. The van der Waals surface area contributed by atoms with Crippen molar-refractivity contribution in [2.45, 2.75) is 0 Å². The zero-order valence-electron chi connectivity index (χ0n) is 10.5. The molecule has 1 aromatic carbocycles. The zero-order chi connectivity index (χ0) is 14.6. The largest absolute Gasteiger partial charge is 0.477 e. The number of nitro groups is 1. The van der Waals surface area contributed by atoms with Gasteiger partial charge in [0, 0.05) is 20.1 Å². The van der Waals surface area contributed by atoms with Crippen LogP contribution in [0.3, 0.4) is 0 Å². The Balaban J connectivity index is 3.24. The van der Waals surface area contributed by atoms with E-state index in [1.165, 1.54) is 4.90 Å². The molecule has 7 nitrogen and oxygen atoms in total. The first-order valence-electron chi connectivity index (χ1n) is 5.45. The number of likely N-dealkylation sites (N-methyl/N-ethyl adjacent to an activating group) is 2. The molecule has 8 heteroatoms. The maximum Gasteiger partial charge on any atom is 0.342 e. The fourth-order valence-corrected chi connectivity index (χ4v) is 1.57. The number of anilines is 1. The van der Waals surface area contributed by atoms with Crippen molar-refractivity contribution in [2.24, 2.45) is 0 Å². The van der Waals surface area contributed by atoms with Crippen molar-refractivity contribution >= 4 is 17.3 Å². The molecule has 0 unspecified atom stereocenters. The van der Waals surface area contributed by atoms with Crippen molar-refractivity contribution in [3.05, 3.63) is 33.6 Å². The third-order valence-electron chi connectivity index (χ3n) is 2.60. The molecule has 0 aliphatic rings. The standard InChI is InChI=1S/C11H14FN3O4/c1-13-3-4-14(2)10-5-7(11(16)17)9(15(18)19)6-8(10)12/h5-6,13H,3-4H2,1-2H3,(H,16,17). The number of aromatic carboxylic acids is 1. The third-order valence-corrected chi connectivity index (χ3v) is 2.60. The van der Waals surface area contributed by atoms with Crippen LogP contribution in [0.5, 0.6) is 0 Å². The fourth-order valence-electron chi connectivity index (χ4n) is 1.57. The van der Waals surface area contributed by atoms with Gasteiger partial charge in [-0.3, -0.25) is 10.1 Å². The molecule has 0 amide bonds. The molecule has 0 aromatic heterocycles. The quantitative estimate of drug-likeness (QED) is 0.594. The summed E-state index contributed by atoms with van der Waals surface area (Å²) in [5.74, 6) is -2.29. The van der Waals surface area contributed by atoms with Crippen LogP contribution in [-0.2, 0) is 0 Å². The van der Waals surface area contributed by atoms with E-state index in [-0.39, 0.29) is 5.69 Å². The maximum atomic E-state index is 13.8. The molecule has 1 rings (SSSR count). The van der Waals surface area contributed by atoms with E-state index in [1.54, 1.807) is 14.1 Å². The van der Waals surface area contributed by atoms with Crippen LogP contribution >= 0.6 is 0 Å². The van der Waals surface area contributed by atoms with Gasteiger partial charge in [-0.1, -0.05) is 0 Å². The minimum absolute atomic E-state index is 0.0123. The highest BCUT2D eigenvalue weighted by atomic mass is 19.1. The first kappa shape index (κ1) is 14.8. The second-order valence-electron chi connectivity index (χ2n) is 3.91. The SMILES string of the molecule is CNCCN(C)c1cc(C(=O)O)c([N+](=O)[O-])cc1F. The molecule has 0 radical (unpaired) electrons. The molecular formula is C11H14FN3O4. The molecular weight excluding hydrogens is 257 g/mol. The minimum Gasteiger partial charge on any atom is -0.477 e. The predicted molar refractivity (Wildman–Crippen MR) is 67.2 cm³/mol. The van der Waals surface area contributed by atoms with Gasteiger partial charge in [-0.2, -0.15) is 0 Å². The Hall–Kier alpha value is -2.22. The van der Waals surface area contributed by atoms with Crippen molar-refractivity contribution in [3.8, 4) is 0 Å². The van der Waals surface area contributed by atoms with Crippen molar-refractivity contribution in [1.29, 1.82) is 0 Å². The number of carboxylic acid groups (broad SMARTS) is 1. The number of halogens is 1. The van der Waals surface area contributed by atoms with Gasteiger partial charge < -0.3 is 15.3 Å². The average Bonchev–Trinajstić information content (AvgIpc) is 2.34. The van der Waals surface area contributed by atoms with Crippen LogP contribution < -0.4 is 10.2 Å². The summed E-state index contributed by atoms with van der Waals surface area (Å²) in [6, 6.07) is 1.61. The number of hydrogen-bond acceptors (Lipinski definition) is 5. The Morgan fingerprint density at radius 3 is 2.68 bits per heavy atom. The Morgan fingerprint density at radius 2 is 2.21 bits per heavy atom. The summed E-state index contributed by atoms with van der Waals surface area (Å²) >= 11 is 0. The van der Waals surface area contributed by atoms with Gasteiger partial charge in [-0.05, 0) is 13.1 Å². The lowest BCUT2D eigenvalue weighted by Gasteiger charge is -2.20. The Morgan fingerprint density at radius 1 is 1.58 bits per heavy atom. The van der Waals surface area contributed by atoms with Gasteiger partial charge in [0.15, 0.2) is 5.82 Å². The monoisotopic (exact) mass is 271 g/mol. The van der Waals surface area contributed by atoms with E-state index >= 15 is 0 Å². The zero-order valence-corrected chi connectivity index (χ0v) is 10.5. The highest BCUT2D eigenvalue weighted by molar-refractivity contribution is 5.93. The molecule has 0 aliphatic heterocycles. The molecule has 0 atom stereocenters. The molecule has 0 bridgehead atoms. The molecule has 0 fully saturated rings. The molecule has 104 valence electrons. The van der Waals surface area contributed by atoms with Gasteiger partial charge in [-0.25, -0.2) is 9.18 Å². The summed E-state index contributed by atoms with van der Waals surface area (Å²) in [5, 5.41) is 22.5. The summed E-state index contributed by atoms with van der Waals surface area (Å²) in [6.07, 6.45) is 0. The lowest BCUT2D eigenvalue weighted by molar-refractivity contribution is -0.385.